The van der Waals surface area contributed by atoms with E-state index < -0.39 is 0 Å². The predicted molar refractivity (Wildman–Crippen MR) is 132 cm³/mol. The van der Waals surface area contributed by atoms with Crippen molar-refractivity contribution in [1.29, 1.82) is 0 Å². The average molecular weight is 530 g/mol. The molecule has 2 aliphatic heterocycles. The smallest absolute Gasteiger partial charge is 0.266 e. The van der Waals surface area contributed by atoms with E-state index in [-0.39, 0.29) is 30.1 Å². The number of amides is 2. The topological polar surface area (TPSA) is 67.9 Å². The molecule has 11 heteroatoms. The molecule has 0 aliphatic carbocycles. The first-order valence-corrected chi connectivity index (χ1v) is 11.8. The summed E-state index contributed by atoms with van der Waals surface area (Å²) in [5.74, 6) is 0.870. The number of ether oxygens (including phenoxy) is 2. The SMILES string of the molecule is O=C(CCCN1C(=O)/C(=C/c2ccc3c(c2)OCO3)SC1=S)Nc1cc(Cl)c(Cl)cc1Cl. The maximum absolute atomic E-state index is 12.8. The van der Waals surface area contributed by atoms with Gasteiger partial charge in [0.1, 0.15) is 4.32 Å². The van der Waals surface area contributed by atoms with Crippen molar-refractivity contribution in [3.63, 3.8) is 0 Å². The summed E-state index contributed by atoms with van der Waals surface area (Å²) in [4.78, 5) is 27.1. The maximum Gasteiger partial charge on any atom is 0.266 e. The van der Waals surface area contributed by atoms with Crippen molar-refractivity contribution >= 4 is 86.7 Å². The van der Waals surface area contributed by atoms with Crippen molar-refractivity contribution in [1.82, 2.24) is 4.90 Å². The van der Waals surface area contributed by atoms with E-state index in [1.807, 2.05) is 12.1 Å². The van der Waals surface area contributed by atoms with Gasteiger partial charge in [-0.1, -0.05) is 64.8 Å². The molecule has 32 heavy (non-hydrogen) atoms. The van der Waals surface area contributed by atoms with Crippen molar-refractivity contribution in [3.05, 3.63) is 55.9 Å². The summed E-state index contributed by atoms with van der Waals surface area (Å²) in [6.45, 7) is 0.511. The van der Waals surface area contributed by atoms with Crippen LogP contribution in [0.1, 0.15) is 18.4 Å². The zero-order chi connectivity index (χ0) is 22.8. The number of anilines is 1. The lowest BCUT2D eigenvalue weighted by Gasteiger charge is -2.14. The van der Waals surface area contributed by atoms with Crippen LogP contribution in [0, 0.1) is 0 Å². The van der Waals surface area contributed by atoms with Gasteiger partial charge in [0, 0.05) is 13.0 Å². The number of thiocarbonyl (C=S) groups is 1. The van der Waals surface area contributed by atoms with E-state index in [9.17, 15) is 9.59 Å². The second-order valence-corrected chi connectivity index (χ2v) is 9.74. The Hall–Kier alpha value is -1.97. The lowest BCUT2D eigenvalue weighted by molar-refractivity contribution is -0.122. The number of fused-ring (bicyclic) bond motifs is 1. The molecule has 0 atom stereocenters. The molecule has 1 N–H and O–H groups in total. The van der Waals surface area contributed by atoms with E-state index in [1.165, 1.54) is 28.8 Å². The molecule has 0 bridgehead atoms. The quantitative estimate of drug-likeness (QED) is 0.281. The van der Waals surface area contributed by atoms with Crippen LogP contribution in [-0.2, 0) is 9.59 Å². The van der Waals surface area contributed by atoms with Crippen molar-refractivity contribution in [2.45, 2.75) is 12.8 Å². The zero-order valence-corrected chi connectivity index (χ0v) is 20.2. The van der Waals surface area contributed by atoms with Crippen molar-refractivity contribution in [2.24, 2.45) is 0 Å². The third kappa shape index (κ3) is 5.15. The largest absolute Gasteiger partial charge is 0.454 e. The summed E-state index contributed by atoms with van der Waals surface area (Å²) in [7, 11) is 0. The molecule has 2 amide bonds. The van der Waals surface area contributed by atoms with Gasteiger partial charge in [0.2, 0.25) is 12.7 Å². The highest BCUT2D eigenvalue weighted by Gasteiger charge is 2.31. The fourth-order valence-electron chi connectivity index (χ4n) is 3.08. The molecular formula is C21H15Cl3N2O4S2. The van der Waals surface area contributed by atoms with E-state index in [1.54, 1.807) is 12.1 Å². The summed E-state index contributed by atoms with van der Waals surface area (Å²) >= 11 is 24.5. The molecule has 166 valence electrons. The van der Waals surface area contributed by atoms with Gasteiger partial charge >= 0.3 is 0 Å². The Labute approximate surface area is 208 Å². The first-order valence-electron chi connectivity index (χ1n) is 9.41. The number of nitrogens with one attached hydrogen (secondary N) is 1. The second kappa shape index (κ2) is 9.89. The molecule has 4 rings (SSSR count). The van der Waals surface area contributed by atoms with Gasteiger partial charge in [-0.2, -0.15) is 0 Å². The lowest BCUT2D eigenvalue weighted by atomic mass is 10.2. The third-order valence-electron chi connectivity index (χ3n) is 4.64. The lowest BCUT2D eigenvalue weighted by Crippen LogP contribution is -2.29. The first-order chi connectivity index (χ1) is 15.3. The molecule has 6 nitrogen and oxygen atoms in total. The standard InChI is InChI=1S/C21H15Cl3N2O4S2/c22-12-8-14(24)15(9-13(12)23)25-19(27)2-1-5-26-20(28)18(32-21(26)31)7-11-3-4-16-17(6-11)30-10-29-16/h3-4,6-9H,1-2,5,10H2,(H,25,27)/b18-7-. The number of rotatable bonds is 6. The Kier molecular flexibility index (Phi) is 7.17. The Morgan fingerprint density at radius 2 is 1.88 bits per heavy atom. The number of carbonyl (C=O) groups excluding carboxylic acids is 2. The van der Waals surface area contributed by atoms with Crippen LogP contribution in [0.5, 0.6) is 11.5 Å². The van der Waals surface area contributed by atoms with E-state index >= 15 is 0 Å². The van der Waals surface area contributed by atoms with Gasteiger partial charge in [-0.15, -0.1) is 0 Å². The molecule has 2 aromatic rings. The molecule has 2 aliphatic rings. The second-order valence-electron chi connectivity index (χ2n) is 6.84. The normalized spacial score (nSPS) is 16.2. The Bertz CT molecular complexity index is 1160. The van der Waals surface area contributed by atoms with Crippen LogP contribution >= 0.6 is 58.8 Å². The van der Waals surface area contributed by atoms with Crippen LogP contribution in [0.15, 0.2) is 35.2 Å². The molecule has 0 aromatic heterocycles. The summed E-state index contributed by atoms with van der Waals surface area (Å²) in [6.07, 6.45) is 2.36. The monoisotopic (exact) mass is 528 g/mol. The minimum absolute atomic E-state index is 0.175. The van der Waals surface area contributed by atoms with Crippen molar-refractivity contribution in [2.75, 3.05) is 18.7 Å². The molecule has 1 saturated heterocycles. The molecule has 1 fully saturated rings. The molecule has 0 radical (unpaired) electrons. The summed E-state index contributed by atoms with van der Waals surface area (Å²) in [6, 6.07) is 8.42. The third-order valence-corrected chi connectivity index (χ3v) is 7.05. The Morgan fingerprint density at radius 3 is 2.69 bits per heavy atom. The van der Waals surface area contributed by atoms with Crippen LogP contribution in [0.2, 0.25) is 15.1 Å². The van der Waals surface area contributed by atoms with E-state index in [4.69, 9.17) is 56.5 Å². The van der Waals surface area contributed by atoms with E-state index in [0.717, 1.165) is 5.56 Å². The summed E-state index contributed by atoms with van der Waals surface area (Å²) in [5, 5.41) is 3.58. The van der Waals surface area contributed by atoms with E-state index in [0.29, 0.717) is 49.4 Å². The molecule has 2 heterocycles. The summed E-state index contributed by atoms with van der Waals surface area (Å²) in [5.41, 5.74) is 1.19. The van der Waals surface area contributed by atoms with Gasteiger partial charge in [-0.05, 0) is 42.3 Å². The number of thioether (sulfide) groups is 1. The van der Waals surface area contributed by atoms with Crippen molar-refractivity contribution < 1.29 is 19.1 Å². The number of benzene rings is 2. The van der Waals surface area contributed by atoms with Gasteiger partial charge < -0.3 is 14.8 Å². The molecule has 0 spiro atoms. The van der Waals surface area contributed by atoms with E-state index in [2.05, 4.69) is 5.32 Å². The number of halogens is 3. The Morgan fingerprint density at radius 1 is 1.12 bits per heavy atom. The summed E-state index contributed by atoms with van der Waals surface area (Å²) < 4.78 is 11.1. The number of hydrogen-bond acceptors (Lipinski definition) is 6. The molecule has 2 aromatic carbocycles. The molecular weight excluding hydrogens is 515 g/mol. The van der Waals surface area contributed by atoms with Crippen LogP contribution in [0.3, 0.4) is 0 Å². The first kappa shape index (κ1) is 23.2. The van der Waals surface area contributed by atoms with Crippen LogP contribution in [0.4, 0.5) is 5.69 Å². The highest BCUT2D eigenvalue weighted by Crippen LogP contribution is 2.36. The van der Waals surface area contributed by atoms with Gasteiger partial charge in [-0.3, -0.25) is 14.5 Å². The predicted octanol–water partition coefficient (Wildman–Crippen LogP) is 6.00. The van der Waals surface area contributed by atoms with Gasteiger partial charge in [0.25, 0.3) is 5.91 Å². The fraction of sp³-hybridized carbons (Fsp3) is 0.190. The minimum Gasteiger partial charge on any atom is -0.454 e. The molecule has 0 unspecified atom stereocenters. The number of hydrogen-bond donors (Lipinski definition) is 1. The van der Waals surface area contributed by atoms with Crippen LogP contribution < -0.4 is 14.8 Å². The highest BCUT2D eigenvalue weighted by molar-refractivity contribution is 8.26. The van der Waals surface area contributed by atoms with Gasteiger partial charge in [0.15, 0.2) is 11.5 Å². The van der Waals surface area contributed by atoms with Gasteiger partial charge in [-0.25, -0.2) is 0 Å². The number of nitrogens with zero attached hydrogens (tertiary/aromatic N) is 1. The zero-order valence-electron chi connectivity index (χ0n) is 16.3. The Balaban J connectivity index is 1.33. The highest BCUT2D eigenvalue weighted by atomic mass is 35.5. The van der Waals surface area contributed by atoms with Crippen LogP contribution in [0.25, 0.3) is 6.08 Å². The molecule has 0 saturated carbocycles. The van der Waals surface area contributed by atoms with Crippen molar-refractivity contribution in [3.8, 4) is 11.5 Å². The fourth-order valence-corrected chi connectivity index (χ4v) is 4.98. The number of carbonyl (C=O) groups is 2. The van der Waals surface area contributed by atoms with Crippen LogP contribution in [-0.4, -0.2) is 34.4 Å². The van der Waals surface area contributed by atoms with Gasteiger partial charge in [0.05, 0.1) is 25.7 Å². The maximum atomic E-state index is 12.8. The minimum atomic E-state index is -0.258. The average Bonchev–Trinajstić information content (AvgIpc) is 3.31.